The van der Waals surface area contributed by atoms with E-state index < -0.39 is 0 Å². The maximum absolute atomic E-state index is 12.0. The van der Waals surface area contributed by atoms with E-state index in [1.807, 2.05) is 22.9 Å². The molecule has 94 valence electrons. The molecule has 1 amide bonds. The fraction of sp³-hybridized carbons (Fsp3) is 0.333. The molecule has 0 spiro atoms. The maximum atomic E-state index is 12.0. The average molecular weight is 279 g/mol. The monoisotopic (exact) mass is 279 g/mol. The highest BCUT2D eigenvalue weighted by atomic mass is 32.1. The first kappa shape index (κ1) is 11.8. The molecule has 1 unspecified atom stereocenters. The Balaban J connectivity index is 1.70. The van der Waals surface area contributed by atoms with Gasteiger partial charge in [-0.3, -0.25) is 4.79 Å². The normalized spacial score (nSPS) is 19.0. The molecule has 1 aliphatic rings. The highest BCUT2D eigenvalue weighted by Crippen LogP contribution is 2.27. The zero-order valence-corrected chi connectivity index (χ0v) is 11.3. The lowest BCUT2D eigenvalue weighted by Crippen LogP contribution is -2.36. The van der Waals surface area contributed by atoms with Crippen LogP contribution in [0, 0.1) is 0 Å². The number of hydrogen-bond donors (Lipinski definition) is 2. The van der Waals surface area contributed by atoms with Crippen LogP contribution < -0.4 is 10.6 Å². The Bertz CT molecular complexity index is 529. The Labute approximate surface area is 113 Å². The molecule has 2 aromatic heterocycles. The number of carbonyl (C=O) groups excluding carboxylic acids is 1. The molecule has 2 N–H and O–H groups in total. The largest absolute Gasteiger partial charge is 0.347 e. The van der Waals surface area contributed by atoms with E-state index in [1.165, 1.54) is 11.3 Å². The van der Waals surface area contributed by atoms with Crippen LogP contribution in [-0.4, -0.2) is 30.0 Å². The summed E-state index contributed by atoms with van der Waals surface area (Å²) in [6.07, 6.45) is 0.994. The summed E-state index contributed by atoms with van der Waals surface area (Å²) in [6, 6.07) is 4.25. The number of thiazole rings is 1. The highest BCUT2D eigenvalue weighted by molar-refractivity contribution is 7.20. The Morgan fingerprint density at radius 1 is 1.50 bits per heavy atom. The number of thiophene rings is 1. The minimum atomic E-state index is -0.0669. The van der Waals surface area contributed by atoms with E-state index in [4.69, 9.17) is 0 Å². The van der Waals surface area contributed by atoms with E-state index in [1.54, 1.807) is 11.3 Å². The van der Waals surface area contributed by atoms with Crippen LogP contribution in [0.5, 0.6) is 0 Å². The second-order valence-corrected chi connectivity index (χ2v) is 5.98. The molecular formula is C12H13N3OS2. The Hall–Kier alpha value is -1.24. The van der Waals surface area contributed by atoms with Crippen molar-refractivity contribution in [3.05, 3.63) is 28.6 Å². The van der Waals surface area contributed by atoms with Gasteiger partial charge in [-0.05, 0) is 24.4 Å². The van der Waals surface area contributed by atoms with Crippen LogP contribution in [0.2, 0.25) is 0 Å². The summed E-state index contributed by atoms with van der Waals surface area (Å²) in [5, 5.41) is 11.0. The molecule has 0 bridgehead atoms. The lowest BCUT2D eigenvalue weighted by atomic mass is 10.2. The van der Waals surface area contributed by atoms with Gasteiger partial charge in [0.25, 0.3) is 5.91 Å². The maximum Gasteiger partial charge on any atom is 0.271 e. The zero-order chi connectivity index (χ0) is 12.4. The van der Waals surface area contributed by atoms with Crippen LogP contribution >= 0.6 is 22.7 Å². The van der Waals surface area contributed by atoms with Crippen molar-refractivity contribution in [2.45, 2.75) is 12.5 Å². The van der Waals surface area contributed by atoms with E-state index in [0.717, 1.165) is 29.4 Å². The van der Waals surface area contributed by atoms with Gasteiger partial charge in [-0.15, -0.1) is 22.7 Å². The molecule has 1 atom stereocenters. The van der Waals surface area contributed by atoms with Gasteiger partial charge in [-0.25, -0.2) is 4.98 Å². The Morgan fingerprint density at radius 3 is 3.17 bits per heavy atom. The van der Waals surface area contributed by atoms with Crippen LogP contribution in [0.25, 0.3) is 9.88 Å². The van der Waals surface area contributed by atoms with Crippen molar-refractivity contribution >= 4 is 28.6 Å². The van der Waals surface area contributed by atoms with Crippen molar-refractivity contribution in [1.82, 2.24) is 15.6 Å². The van der Waals surface area contributed by atoms with E-state index in [-0.39, 0.29) is 11.9 Å². The zero-order valence-electron chi connectivity index (χ0n) is 9.68. The van der Waals surface area contributed by atoms with Crippen molar-refractivity contribution < 1.29 is 4.79 Å². The number of rotatable bonds is 3. The average Bonchev–Trinajstić information content (AvgIpc) is 3.11. The second-order valence-electron chi connectivity index (χ2n) is 4.18. The number of nitrogens with zero attached hydrogens (tertiary/aromatic N) is 1. The van der Waals surface area contributed by atoms with Gasteiger partial charge in [0.1, 0.15) is 10.7 Å². The van der Waals surface area contributed by atoms with Gasteiger partial charge >= 0.3 is 0 Å². The number of aromatic nitrogens is 1. The molecule has 4 nitrogen and oxygen atoms in total. The van der Waals surface area contributed by atoms with Crippen molar-refractivity contribution in [2.75, 3.05) is 13.1 Å². The van der Waals surface area contributed by atoms with Crippen LogP contribution in [-0.2, 0) is 0 Å². The molecule has 0 radical (unpaired) electrons. The van der Waals surface area contributed by atoms with Gasteiger partial charge in [0.15, 0.2) is 0 Å². The van der Waals surface area contributed by atoms with Crippen LogP contribution in [0.3, 0.4) is 0 Å². The van der Waals surface area contributed by atoms with E-state index >= 15 is 0 Å². The van der Waals surface area contributed by atoms with Crippen molar-refractivity contribution in [3.63, 3.8) is 0 Å². The van der Waals surface area contributed by atoms with Gasteiger partial charge in [-0.2, -0.15) is 0 Å². The third-order valence-electron chi connectivity index (χ3n) is 2.86. The molecular weight excluding hydrogens is 266 g/mol. The standard InChI is InChI=1S/C12H13N3OS2/c16-11(14-8-3-4-13-6-8)9-7-18-12(15-9)10-2-1-5-17-10/h1-2,5,7-8,13H,3-4,6H2,(H,14,16). The third-order valence-corrected chi connectivity index (χ3v) is 4.75. The molecule has 0 aromatic carbocycles. The summed E-state index contributed by atoms with van der Waals surface area (Å²) >= 11 is 3.16. The van der Waals surface area contributed by atoms with Crippen LogP contribution in [0.1, 0.15) is 16.9 Å². The molecule has 3 heterocycles. The van der Waals surface area contributed by atoms with Gasteiger partial charge in [0.2, 0.25) is 0 Å². The number of amides is 1. The Morgan fingerprint density at radius 2 is 2.44 bits per heavy atom. The highest BCUT2D eigenvalue weighted by Gasteiger charge is 2.19. The van der Waals surface area contributed by atoms with Gasteiger partial charge in [0.05, 0.1) is 4.88 Å². The number of nitrogens with one attached hydrogen (secondary N) is 2. The predicted octanol–water partition coefficient (Wildman–Crippen LogP) is 1.96. The summed E-state index contributed by atoms with van der Waals surface area (Å²) in [7, 11) is 0. The fourth-order valence-electron chi connectivity index (χ4n) is 1.93. The lowest BCUT2D eigenvalue weighted by Gasteiger charge is -2.09. The summed E-state index contributed by atoms with van der Waals surface area (Å²) in [6.45, 7) is 1.83. The van der Waals surface area contributed by atoms with E-state index in [0.29, 0.717) is 5.69 Å². The quantitative estimate of drug-likeness (QED) is 0.903. The topological polar surface area (TPSA) is 54.0 Å². The molecule has 2 aromatic rings. The van der Waals surface area contributed by atoms with E-state index in [9.17, 15) is 4.79 Å². The Kier molecular flexibility index (Phi) is 3.40. The fourth-order valence-corrected chi connectivity index (χ4v) is 3.54. The SMILES string of the molecule is O=C(NC1CCNC1)c1csc(-c2cccs2)n1. The first-order valence-corrected chi connectivity index (χ1v) is 7.60. The first-order chi connectivity index (χ1) is 8.83. The second kappa shape index (κ2) is 5.17. The summed E-state index contributed by atoms with van der Waals surface area (Å²) in [5.74, 6) is -0.0669. The summed E-state index contributed by atoms with van der Waals surface area (Å²) < 4.78 is 0. The number of carbonyl (C=O) groups is 1. The molecule has 1 saturated heterocycles. The smallest absolute Gasteiger partial charge is 0.271 e. The third kappa shape index (κ3) is 2.45. The molecule has 1 fully saturated rings. The van der Waals surface area contributed by atoms with Gasteiger partial charge in [0, 0.05) is 18.0 Å². The first-order valence-electron chi connectivity index (χ1n) is 5.84. The molecule has 1 aliphatic heterocycles. The van der Waals surface area contributed by atoms with Crippen molar-refractivity contribution in [2.24, 2.45) is 0 Å². The molecule has 0 aliphatic carbocycles. The van der Waals surface area contributed by atoms with Gasteiger partial charge < -0.3 is 10.6 Å². The summed E-state index contributed by atoms with van der Waals surface area (Å²) in [5.41, 5.74) is 0.523. The van der Waals surface area contributed by atoms with E-state index in [2.05, 4.69) is 15.6 Å². The minimum absolute atomic E-state index is 0.0669. The van der Waals surface area contributed by atoms with Crippen LogP contribution in [0.15, 0.2) is 22.9 Å². The summed E-state index contributed by atoms with van der Waals surface area (Å²) in [4.78, 5) is 17.5. The van der Waals surface area contributed by atoms with Gasteiger partial charge in [-0.1, -0.05) is 6.07 Å². The molecule has 6 heteroatoms. The minimum Gasteiger partial charge on any atom is -0.347 e. The molecule has 18 heavy (non-hydrogen) atoms. The predicted molar refractivity (Wildman–Crippen MR) is 74.2 cm³/mol. The van der Waals surface area contributed by atoms with Crippen molar-refractivity contribution in [3.8, 4) is 9.88 Å². The van der Waals surface area contributed by atoms with Crippen LogP contribution in [0.4, 0.5) is 0 Å². The number of hydrogen-bond acceptors (Lipinski definition) is 5. The molecule has 3 rings (SSSR count). The van der Waals surface area contributed by atoms with Crippen molar-refractivity contribution in [1.29, 1.82) is 0 Å². The lowest BCUT2D eigenvalue weighted by molar-refractivity contribution is 0.0936. The molecule has 0 saturated carbocycles.